The van der Waals surface area contributed by atoms with Crippen LogP contribution in [0.15, 0.2) is 0 Å². The second kappa shape index (κ2) is 18.2. The molecule has 4 heteroatoms. The Morgan fingerprint density at radius 1 is 1.25 bits per heavy atom. The van der Waals surface area contributed by atoms with Gasteiger partial charge in [-0.25, -0.2) is 0 Å². The van der Waals surface area contributed by atoms with E-state index in [-0.39, 0.29) is 77.0 Å². The van der Waals surface area contributed by atoms with Crippen LogP contribution in [-0.2, 0) is 39.1 Å². The molecule has 0 nitrogen and oxygen atoms in total. The van der Waals surface area contributed by atoms with Crippen molar-refractivity contribution in [2.24, 2.45) is 0 Å². The summed E-state index contributed by atoms with van der Waals surface area (Å²) in [6, 6.07) is 0. The molecule has 4 heavy (non-hydrogen) atoms. The predicted molar refractivity (Wildman–Crippen MR) is 12.4 cm³/mol. The molecule has 0 amide bonds. The molecule has 0 aliphatic carbocycles. The van der Waals surface area contributed by atoms with Crippen LogP contribution >= 0.6 is 0 Å². The first-order valence-electron chi connectivity index (χ1n) is 0. The third kappa shape index (κ3) is 8.83. The molecule has 0 aromatic heterocycles. The average Bonchev–Trinajstić information content (AvgIpc) is 0. The Labute approximate surface area is 76.1 Å². The van der Waals surface area contributed by atoms with E-state index in [4.69, 9.17) is 0 Å². The van der Waals surface area contributed by atoms with Crippen molar-refractivity contribution in [2.75, 3.05) is 0 Å². The fourth-order valence-corrected chi connectivity index (χ4v) is 0. The molecule has 0 radical (unpaired) electrons. The Kier molecular flexibility index (Phi) is 148. The second-order valence-electron chi connectivity index (χ2n) is 0. The topological polar surface area (TPSA) is 0 Å². The van der Waals surface area contributed by atoms with Crippen molar-refractivity contribution >= 4 is 17.6 Å². The predicted octanol–water partition coefficient (Wildman–Crippen LogP) is -4.34. The summed E-state index contributed by atoms with van der Waals surface area (Å²) in [4.78, 5) is 0. The quantitative estimate of drug-likeness (QED) is 0.334. The molecule has 0 saturated heterocycles. The zero-order valence-electron chi connectivity index (χ0n) is 2.91. The average molecular weight is 184 g/mol. The molecule has 0 aliphatic rings. The summed E-state index contributed by atoms with van der Waals surface area (Å²) >= 11 is 0. The molecular formula is H5CrGeLiTi. The van der Waals surface area contributed by atoms with Crippen LogP contribution in [-0.4, -0.2) is 17.6 Å². The summed E-state index contributed by atoms with van der Waals surface area (Å²) in [5, 5.41) is 0. The van der Waals surface area contributed by atoms with E-state index in [2.05, 4.69) is 0 Å². The Bertz CT molecular complexity index is 11.6. The van der Waals surface area contributed by atoms with Crippen molar-refractivity contribution in [3.63, 3.8) is 0 Å². The van der Waals surface area contributed by atoms with E-state index >= 15 is 0 Å². The van der Waals surface area contributed by atoms with Gasteiger partial charge in [0.1, 0.15) is 0 Å². The third-order valence-electron chi connectivity index (χ3n) is 0. The molecular weight excluding hydrogens is 179 g/mol. The van der Waals surface area contributed by atoms with Gasteiger partial charge < -0.3 is 1.43 Å². The molecule has 0 rings (SSSR count). The largest absolute Gasteiger partial charge is 1.00 e. The van der Waals surface area contributed by atoms with Gasteiger partial charge in [0.2, 0.25) is 0 Å². The first kappa shape index (κ1) is 32.5. The van der Waals surface area contributed by atoms with E-state index in [1.807, 2.05) is 0 Å². The van der Waals surface area contributed by atoms with Gasteiger partial charge in [-0.05, 0) is 0 Å². The smallest absolute Gasteiger partial charge is 1.00 e. The SMILES string of the molecule is [Cr].[GeH4].[H-].[Li+].[Ti]. The van der Waals surface area contributed by atoms with Gasteiger partial charge in [-0.15, -0.1) is 0 Å². The second-order valence-corrected chi connectivity index (χ2v) is 0. The Morgan fingerprint density at radius 3 is 1.25 bits per heavy atom. The number of hydrogen-bond acceptors (Lipinski definition) is 0. The molecule has 20 valence electrons. The van der Waals surface area contributed by atoms with E-state index in [1.54, 1.807) is 0 Å². The first-order chi connectivity index (χ1) is 0. The van der Waals surface area contributed by atoms with Gasteiger partial charge in [0.25, 0.3) is 0 Å². The van der Waals surface area contributed by atoms with Gasteiger partial charge >= 0.3 is 36.5 Å². The van der Waals surface area contributed by atoms with Crippen LogP contribution in [0.4, 0.5) is 0 Å². The normalized spacial score (nSPS) is 0. The van der Waals surface area contributed by atoms with Crippen molar-refractivity contribution < 1.29 is 59.4 Å². The summed E-state index contributed by atoms with van der Waals surface area (Å²) in [7, 11) is 0. The van der Waals surface area contributed by atoms with Crippen LogP contribution in [0.3, 0.4) is 0 Å². The number of rotatable bonds is 0. The van der Waals surface area contributed by atoms with Crippen molar-refractivity contribution in [3.05, 3.63) is 0 Å². The maximum atomic E-state index is 0. The molecule has 0 heterocycles. The summed E-state index contributed by atoms with van der Waals surface area (Å²) < 4.78 is 0. The van der Waals surface area contributed by atoms with Gasteiger partial charge in [-0.3, -0.25) is 0 Å². The fraction of sp³-hybridized carbons (Fsp3) is 0. The van der Waals surface area contributed by atoms with Crippen LogP contribution < -0.4 is 18.9 Å². The van der Waals surface area contributed by atoms with Gasteiger partial charge in [-0.1, -0.05) is 0 Å². The maximum Gasteiger partial charge on any atom is 1.00 e. The summed E-state index contributed by atoms with van der Waals surface area (Å²) in [5.74, 6) is 0. The van der Waals surface area contributed by atoms with Crippen LogP contribution in [0.1, 0.15) is 1.43 Å². The molecule has 0 unspecified atom stereocenters. The molecule has 0 saturated carbocycles. The van der Waals surface area contributed by atoms with Gasteiger partial charge in [0.15, 0.2) is 0 Å². The molecule has 0 N–H and O–H groups in total. The molecule has 0 spiro atoms. The standard InChI is InChI=1S/Cr.GeH4.Li.Ti.H/h;1H4;;;/q;;+1;;-1. The van der Waals surface area contributed by atoms with Crippen molar-refractivity contribution in [1.82, 2.24) is 0 Å². The fourth-order valence-electron chi connectivity index (χ4n) is 0. The van der Waals surface area contributed by atoms with Gasteiger partial charge in [-0.2, -0.15) is 0 Å². The maximum absolute atomic E-state index is 0. The van der Waals surface area contributed by atoms with E-state index in [0.29, 0.717) is 0 Å². The van der Waals surface area contributed by atoms with E-state index in [1.165, 1.54) is 0 Å². The molecule has 0 bridgehead atoms. The monoisotopic (exact) mass is 186 g/mol. The van der Waals surface area contributed by atoms with E-state index < -0.39 is 0 Å². The Morgan fingerprint density at radius 2 is 1.25 bits per heavy atom. The van der Waals surface area contributed by atoms with Crippen LogP contribution in [0.5, 0.6) is 0 Å². The molecule has 0 fully saturated rings. The van der Waals surface area contributed by atoms with Crippen molar-refractivity contribution in [2.45, 2.75) is 0 Å². The summed E-state index contributed by atoms with van der Waals surface area (Å²) in [5.41, 5.74) is 0. The van der Waals surface area contributed by atoms with Gasteiger partial charge in [0.05, 0.1) is 0 Å². The van der Waals surface area contributed by atoms with Crippen molar-refractivity contribution in [1.29, 1.82) is 0 Å². The van der Waals surface area contributed by atoms with E-state index in [0.717, 1.165) is 0 Å². The minimum absolute atomic E-state index is 0. The minimum atomic E-state index is 0. The summed E-state index contributed by atoms with van der Waals surface area (Å²) in [6.07, 6.45) is 0. The Hall–Kier alpha value is 2.39. The van der Waals surface area contributed by atoms with Crippen LogP contribution in [0, 0.1) is 0 Å². The Balaban J connectivity index is 0. The molecule has 0 aromatic carbocycles. The zero-order valence-corrected chi connectivity index (χ0v) is 4.74. The third-order valence-corrected chi connectivity index (χ3v) is 0. The molecule has 0 atom stereocenters. The molecule has 0 aliphatic heterocycles. The van der Waals surface area contributed by atoms with Crippen LogP contribution in [0.25, 0.3) is 0 Å². The minimum Gasteiger partial charge on any atom is -1.00 e. The van der Waals surface area contributed by atoms with Crippen LogP contribution in [0.2, 0.25) is 0 Å². The first-order valence-corrected chi connectivity index (χ1v) is 0. The zero-order chi connectivity index (χ0) is 0. The van der Waals surface area contributed by atoms with Gasteiger partial charge in [0, 0.05) is 39.1 Å². The molecule has 0 aromatic rings. The van der Waals surface area contributed by atoms with E-state index in [9.17, 15) is 0 Å². The van der Waals surface area contributed by atoms with Crippen molar-refractivity contribution in [3.8, 4) is 0 Å². The summed E-state index contributed by atoms with van der Waals surface area (Å²) in [6.45, 7) is 0. The number of hydrogen-bond donors (Lipinski definition) is 0.